The van der Waals surface area contributed by atoms with E-state index in [1.165, 1.54) is 0 Å². The van der Waals surface area contributed by atoms with Crippen LogP contribution in [0.2, 0.25) is 0 Å². The lowest BCUT2D eigenvalue weighted by molar-refractivity contribution is 0.0929. The maximum atomic E-state index is 12.6. The minimum atomic E-state index is -0.0646. The van der Waals surface area contributed by atoms with E-state index in [0.29, 0.717) is 17.3 Å². The minimum Gasteiger partial charge on any atom is -0.421 e. The normalized spacial score (nSPS) is 19.9. The third-order valence-electron chi connectivity index (χ3n) is 4.62. The molecule has 2 aromatic heterocycles. The van der Waals surface area contributed by atoms with Gasteiger partial charge in [-0.15, -0.1) is 10.2 Å². The number of aryl methyl sites for hydroxylation is 1. The van der Waals surface area contributed by atoms with Crippen molar-refractivity contribution < 1.29 is 9.21 Å². The van der Waals surface area contributed by atoms with Crippen LogP contribution in [-0.4, -0.2) is 31.7 Å². The smallest absolute Gasteiger partial charge is 0.251 e. The van der Waals surface area contributed by atoms with Gasteiger partial charge < -0.3 is 14.3 Å². The summed E-state index contributed by atoms with van der Waals surface area (Å²) in [6, 6.07) is 7.61. The number of rotatable bonds is 4. The predicted octanol–water partition coefficient (Wildman–Crippen LogP) is 2.77. The molecule has 1 fully saturated rings. The van der Waals surface area contributed by atoms with E-state index in [2.05, 4.69) is 25.1 Å². The predicted molar refractivity (Wildman–Crippen MR) is 90.8 cm³/mol. The average Bonchev–Trinajstić information content (AvgIpc) is 3.36. The molecular weight excluding hydrogens is 318 g/mol. The summed E-state index contributed by atoms with van der Waals surface area (Å²) in [6.07, 6.45) is 8.68. The van der Waals surface area contributed by atoms with Crippen molar-refractivity contribution >= 4 is 5.91 Å². The number of carbonyl (C=O) groups is 1. The first-order valence-corrected chi connectivity index (χ1v) is 8.39. The number of amides is 1. The second kappa shape index (κ2) is 6.51. The quantitative estimate of drug-likeness (QED) is 0.791. The molecule has 2 heterocycles. The van der Waals surface area contributed by atoms with E-state index >= 15 is 0 Å². The lowest BCUT2D eigenvalue weighted by atomic mass is 10.1. The summed E-state index contributed by atoms with van der Waals surface area (Å²) in [5.41, 5.74) is 1.42. The Kier molecular flexibility index (Phi) is 4.05. The lowest BCUT2D eigenvalue weighted by Crippen LogP contribution is -2.38. The zero-order chi connectivity index (χ0) is 17.2. The topological polar surface area (TPSA) is 85.8 Å². The number of hydrogen-bond donors (Lipinski definition) is 1. The molecule has 7 nitrogen and oxygen atoms in total. The number of nitrogens with one attached hydrogen (secondary N) is 1. The maximum Gasteiger partial charge on any atom is 0.251 e. The van der Waals surface area contributed by atoms with Crippen LogP contribution in [0.25, 0.3) is 11.5 Å². The molecule has 1 aliphatic rings. The summed E-state index contributed by atoms with van der Waals surface area (Å²) in [6.45, 7) is 1.75. The third-order valence-corrected chi connectivity index (χ3v) is 4.62. The number of nitrogens with zero attached hydrogens (tertiary/aromatic N) is 4. The number of hydrogen-bond acceptors (Lipinski definition) is 5. The molecule has 7 heteroatoms. The zero-order valence-electron chi connectivity index (χ0n) is 13.9. The van der Waals surface area contributed by atoms with Crippen LogP contribution < -0.4 is 5.32 Å². The van der Waals surface area contributed by atoms with Crippen LogP contribution in [0.15, 0.2) is 47.4 Å². The van der Waals surface area contributed by atoms with Gasteiger partial charge in [0.2, 0.25) is 11.8 Å². The van der Waals surface area contributed by atoms with Crippen LogP contribution >= 0.6 is 0 Å². The van der Waals surface area contributed by atoms with Gasteiger partial charge in [-0.25, -0.2) is 4.98 Å². The molecule has 0 radical (unpaired) electrons. The standard InChI is InChI=1S/C18H19N5O2/c1-12-21-22-18(25-12)14-7-5-13(6-8-14)17(24)20-15-3-2-4-16(15)23-10-9-19-11-23/h5-11,15-16H,2-4H2,1H3,(H,20,24)/t15-,16-/m1/s1. The summed E-state index contributed by atoms with van der Waals surface area (Å²) in [5.74, 6) is 0.911. The minimum absolute atomic E-state index is 0.0646. The molecule has 0 aliphatic heterocycles. The molecule has 128 valence electrons. The van der Waals surface area contributed by atoms with Crippen LogP contribution in [0.5, 0.6) is 0 Å². The van der Waals surface area contributed by atoms with Crippen molar-refractivity contribution in [3.8, 4) is 11.5 Å². The number of aromatic nitrogens is 4. The Morgan fingerprint density at radius 2 is 2.08 bits per heavy atom. The molecular formula is C18H19N5O2. The lowest BCUT2D eigenvalue weighted by Gasteiger charge is -2.22. The molecule has 4 rings (SSSR count). The van der Waals surface area contributed by atoms with Crippen molar-refractivity contribution in [1.82, 2.24) is 25.1 Å². The van der Waals surface area contributed by atoms with E-state index in [-0.39, 0.29) is 18.0 Å². The van der Waals surface area contributed by atoms with Crippen molar-refractivity contribution in [2.75, 3.05) is 0 Å². The molecule has 25 heavy (non-hydrogen) atoms. The van der Waals surface area contributed by atoms with Gasteiger partial charge in [-0.2, -0.15) is 0 Å². The summed E-state index contributed by atoms with van der Waals surface area (Å²) in [5, 5.41) is 11.0. The van der Waals surface area contributed by atoms with Gasteiger partial charge in [-0.3, -0.25) is 4.79 Å². The van der Waals surface area contributed by atoms with Crippen LogP contribution in [0.4, 0.5) is 0 Å². The van der Waals surface area contributed by atoms with Gasteiger partial charge in [0.1, 0.15) is 0 Å². The Hall–Kier alpha value is -2.96. The fourth-order valence-electron chi connectivity index (χ4n) is 3.36. The maximum absolute atomic E-state index is 12.6. The summed E-state index contributed by atoms with van der Waals surface area (Å²) in [7, 11) is 0. The molecule has 1 N–H and O–H groups in total. The van der Waals surface area contributed by atoms with Crippen molar-refractivity contribution in [1.29, 1.82) is 0 Å². The number of benzene rings is 1. The fourth-order valence-corrected chi connectivity index (χ4v) is 3.36. The fraction of sp³-hybridized carbons (Fsp3) is 0.333. The van der Waals surface area contributed by atoms with Gasteiger partial charge >= 0.3 is 0 Å². The first kappa shape index (κ1) is 15.6. The molecule has 0 bridgehead atoms. The summed E-state index contributed by atoms with van der Waals surface area (Å²) >= 11 is 0. The van der Waals surface area contributed by atoms with Gasteiger partial charge in [0.25, 0.3) is 5.91 Å². The second-order valence-electron chi connectivity index (χ2n) is 6.29. The van der Waals surface area contributed by atoms with Crippen molar-refractivity contribution in [2.45, 2.75) is 38.3 Å². The highest BCUT2D eigenvalue weighted by atomic mass is 16.4. The Morgan fingerprint density at radius 1 is 1.24 bits per heavy atom. The van der Waals surface area contributed by atoms with E-state index in [9.17, 15) is 4.79 Å². The van der Waals surface area contributed by atoms with Crippen molar-refractivity contribution in [2.24, 2.45) is 0 Å². The Balaban J connectivity index is 1.46. The molecule has 1 amide bonds. The Morgan fingerprint density at radius 3 is 2.76 bits per heavy atom. The highest BCUT2D eigenvalue weighted by molar-refractivity contribution is 5.94. The zero-order valence-corrected chi connectivity index (χ0v) is 13.9. The van der Waals surface area contributed by atoms with Gasteiger partial charge in [0.05, 0.1) is 12.4 Å². The van der Waals surface area contributed by atoms with E-state index in [1.54, 1.807) is 25.3 Å². The highest BCUT2D eigenvalue weighted by Gasteiger charge is 2.29. The molecule has 1 aromatic carbocycles. The van der Waals surface area contributed by atoms with Gasteiger partial charge in [0.15, 0.2) is 0 Å². The molecule has 3 aromatic rings. The van der Waals surface area contributed by atoms with Crippen molar-refractivity contribution in [3.63, 3.8) is 0 Å². The molecule has 0 spiro atoms. The second-order valence-corrected chi connectivity index (χ2v) is 6.29. The Bertz CT molecular complexity index is 854. The summed E-state index contributed by atoms with van der Waals surface area (Å²) in [4.78, 5) is 16.7. The Labute approximate surface area is 145 Å². The van der Waals surface area contributed by atoms with Crippen molar-refractivity contribution in [3.05, 3.63) is 54.4 Å². The van der Waals surface area contributed by atoms with Crippen LogP contribution in [0, 0.1) is 6.92 Å². The number of imidazole rings is 1. The van der Waals surface area contributed by atoms with Gasteiger partial charge in [-0.05, 0) is 43.5 Å². The van der Waals surface area contributed by atoms with Crippen LogP contribution in [0.1, 0.15) is 41.6 Å². The van der Waals surface area contributed by atoms with E-state index in [0.717, 1.165) is 24.8 Å². The van der Waals surface area contributed by atoms with Gasteiger partial charge in [-0.1, -0.05) is 0 Å². The third kappa shape index (κ3) is 3.17. The molecule has 0 unspecified atom stereocenters. The van der Waals surface area contributed by atoms with E-state index in [1.807, 2.05) is 24.7 Å². The van der Waals surface area contributed by atoms with Crippen LogP contribution in [-0.2, 0) is 0 Å². The highest BCUT2D eigenvalue weighted by Crippen LogP contribution is 2.30. The average molecular weight is 337 g/mol. The van der Waals surface area contributed by atoms with Gasteiger partial charge in [0, 0.05) is 36.5 Å². The molecule has 1 saturated carbocycles. The molecule has 1 aliphatic carbocycles. The SMILES string of the molecule is Cc1nnc(-c2ccc(C(=O)N[C@@H]3CCC[C@H]3n3ccnc3)cc2)o1. The first-order valence-electron chi connectivity index (χ1n) is 8.39. The molecule has 2 atom stereocenters. The first-order chi connectivity index (χ1) is 12.2. The molecule has 0 saturated heterocycles. The van der Waals surface area contributed by atoms with E-state index < -0.39 is 0 Å². The number of carbonyl (C=O) groups excluding carboxylic acids is 1. The largest absolute Gasteiger partial charge is 0.421 e. The summed E-state index contributed by atoms with van der Waals surface area (Å²) < 4.78 is 7.48. The van der Waals surface area contributed by atoms with Crippen LogP contribution in [0.3, 0.4) is 0 Å². The van der Waals surface area contributed by atoms with E-state index in [4.69, 9.17) is 4.42 Å². The monoisotopic (exact) mass is 337 g/mol.